The van der Waals surface area contributed by atoms with Crippen LogP contribution in [0.2, 0.25) is 5.02 Å². The van der Waals surface area contributed by atoms with Gasteiger partial charge in [-0.15, -0.1) is 0 Å². The van der Waals surface area contributed by atoms with Crippen molar-refractivity contribution in [2.45, 2.75) is 45.7 Å². The summed E-state index contributed by atoms with van der Waals surface area (Å²) in [5.41, 5.74) is 2.15. The van der Waals surface area contributed by atoms with Gasteiger partial charge in [0.05, 0.1) is 0 Å². The van der Waals surface area contributed by atoms with Crippen LogP contribution in [0.4, 0.5) is 5.69 Å². The van der Waals surface area contributed by atoms with Gasteiger partial charge in [-0.1, -0.05) is 17.7 Å². The second-order valence-corrected chi connectivity index (χ2v) is 7.19. The van der Waals surface area contributed by atoms with Crippen LogP contribution in [-0.4, -0.2) is 47.1 Å². The summed E-state index contributed by atoms with van der Waals surface area (Å²) in [5, 5.41) is 4.88. The van der Waals surface area contributed by atoms with Gasteiger partial charge >= 0.3 is 0 Å². The Bertz CT molecular complexity index is 525. The second kappa shape index (κ2) is 7.62. The second-order valence-electron chi connectivity index (χ2n) is 6.37. The van der Waals surface area contributed by atoms with Gasteiger partial charge in [0.15, 0.2) is 5.11 Å². The van der Waals surface area contributed by atoms with E-state index in [0.29, 0.717) is 12.1 Å². The molecule has 5 heteroatoms. The number of hydrogen-bond donors (Lipinski definition) is 1. The summed E-state index contributed by atoms with van der Waals surface area (Å²) in [6.07, 6.45) is 2.32. The average molecular weight is 340 g/mol. The molecule has 1 saturated heterocycles. The number of piperidine rings is 1. The largest absolute Gasteiger partial charge is 0.349 e. The highest BCUT2D eigenvalue weighted by atomic mass is 35.5. The smallest absolute Gasteiger partial charge is 0.173 e. The summed E-state index contributed by atoms with van der Waals surface area (Å²) in [6.45, 7) is 8.58. The fourth-order valence-electron chi connectivity index (χ4n) is 2.82. The number of benzene rings is 1. The molecule has 122 valence electrons. The molecule has 1 aliphatic heterocycles. The molecule has 1 N–H and O–H groups in total. The first-order chi connectivity index (χ1) is 10.4. The molecule has 0 aliphatic carbocycles. The van der Waals surface area contributed by atoms with Crippen molar-refractivity contribution in [2.75, 3.05) is 25.5 Å². The summed E-state index contributed by atoms with van der Waals surface area (Å²) in [4.78, 5) is 4.73. The van der Waals surface area contributed by atoms with Crippen LogP contribution in [0.15, 0.2) is 18.2 Å². The predicted octanol–water partition coefficient (Wildman–Crippen LogP) is 4.15. The Hall–Kier alpha value is -0.840. The molecule has 0 spiro atoms. The maximum absolute atomic E-state index is 6.07. The van der Waals surface area contributed by atoms with E-state index in [-0.39, 0.29) is 0 Å². The highest BCUT2D eigenvalue weighted by Crippen LogP contribution is 2.22. The zero-order chi connectivity index (χ0) is 16.3. The van der Waals surface area contributed by atoms with Crippen LogP contribution in [0.5, 0.6) is 0 Å². The first-order valence-electron chi connectivity index (χ1n) is 7.92. The molecule has 1 aromatic carbocycles. The van der Waals surface area contributed by atoms with Crippen LogP contribution in [0.1, 0.15) is 32.3 Å². The van der Waals surface area contributed by atoms with Crippen molar-refractivity contribution < 1.29 is 0 Å². The molecule has 1 fully saturated rings. The normalized spacial score (nSPS) is 16.4. The SMILES string of the molecule is Cc1ccc(Cl)cc1NC(=S)N1CCC(N(C)C(C)C)CC1. The third-order valence-corrected chi connectivity index (χ3v) is 5.18. The van der Waals surface area contributed by atoms with Gasteiger partial charge in [0.1, 0.15) is 0 Å². The fourth-order valence-corrected chi connectivity index (χ4v) is 3.29. The van der Waals surface area contributed by atoms with E-state index in [0.717, 1.165) is 47.3 Å². The number of rotatable bonds is 3. The lowest BCUT2D eigenvalue weighted by atomic mass is 10.0. The Kier molecular flexibility index (Phi) is 6.07. The molecule has 0 saturated carbocycles. The van der Waals surface area contributed by atoms with Crippen LogP contribution < -0.4 is 5.32 Å². The highest BCUT2D eigenvalue weighted by molar-refractivity contribution is 7.80. The van der Waals surface area contributed by atoms with Crippen molar-refractivity contribution in [2.24, 2.45) is 0 Å². The van der Waals surface area contributed by atoms with Crippen LogP contribution in [-0.2, 0) is 0 Å². The molecular weight excluding hydrogens is 314 g/mol. The number of likely N-dealkylation sites (tertiary alicyclic amines) is 1. The van der Waals surface area contributed by atoms with Crippen molar-refractivity contribution in [3.8, 4) is 0 Å². The van der Waals surface area contributed by atoms with Gasteiger partial charge in [0.2, 0.25) is 0 Å². The van der Waals surface area contributed by atoms with E-state index >= 15 is 0 Å². The number of nitrogens with zero attached hydrogens (tertiary/aromatic N) is 2. The Morgan fingerprint density at radius 1 is 1.36 bits per heavy atom. The third-order valence-electron chi connectivity index (χ3n) is 4.58. The van der Waals surface area contributed by atoms with Gasteiger partial charge in [-0.3, -0.25) is 0 Å². The van der Waals surface area contributed by atoms with Crippen LogP contribution >= 0.6 is 23.8 Å². The van der Waals surface area contributed by atoms with E-state index in [9.17, 15) is 0 Å². The number of nitrogens with one attached hydrogen (secondary N) is 1. The molecule has 0 radical (unpaired) electrons. The van der Waals surface area contributed by atoms with Crippen molar-refractivity contribution >= 4 is 34.6 Å². The summed E-state index contributed by atoms with van der Waals surface area (Å²) in [5.74, 6) is 0. The van der Waals surface area contributed by atoms with Crippen LogP contribution in [0.3, 0.4) is 0 Å². The predicted molar refractivity (Wildman–Crippen MR) is 99.9 cm³/mol. The van der Waals surface area contributed by atoms with E-state index in [1.165, 1.54) is 0 Å². The molecule has 0 aromatic heterocycles. The maximum atomic E-state index is 6.07. The van der Waals surface area contributed by atoms with Gasteiger partial charge in [-0.25, -0.2) is 0 Å². The lowest BCUT2D eigenvalue weighted by Crippen LogP contribution is -2.48. The number of aryl methyl sites for hydroxylation is 1. The molecule has 0 atom stereocenters. The summed E-state index contributed by atoms with van der Waals surface area (Å²) in [7, 11) is 2.22. The summed E-state index contributed by atoms with van der Waals surface area (Å²) < 4.78 is 0. The van der Waals surface area contributed by atoms with Crippen molar-refractivity contribution in [1.82, 2.24) is 9.80 Å². The Morgan fingerprint density at radius 2 is 2.00 bits per heavy atom. The Morgan fingerprint density at radius 3 is 2.59 bits per heavy atom. The van der Waals surface area contributed by atoms with E-state index < -0.39 is 0 Å². The quantitative estimate of drug-likeness (QED) is 0.833. The highest BCUT2D eigenvalue weighted by Gasteiger charge is 2.25. The molecule has 0 amide bonds. The topological polar surface area (TPSA) is 18.5 Å². The monoisotopic (exact) mass is 339 g/mol. The number of anilines is 1. The fraction of sp³-hybridized carbons (Fsp3) is 0.588. The van der Waals surface area contributed by atoms with Crippen molar-refractivity contribution in [3.05, 3.63) is 28.8 Å². The van der Waals surface area contributed by atoms with E-state index in [1.807, 2.05) is 18.2 Å². The van der Waals surface area contributed by atoms with E-state index in [4.69, 9.17) is 23.8 Å². The lowest BCUT2D eigenvalue weighted by Gasteiger charge is -2.39. The zero-order valence-electron chi connectivity index (χ0n) is 13.9. The molecule has 22 heavy (non-hydrogen) atoms. The molecule has 1 aromatic rings. The number of hydrogen-bond acceptors (Lipinski definition) is 2. The zero-order valence-corrected chi connectivity index (χ0v) is 15.5. The molecule has 0 bridgehead atoms. The van der Waals surface area contributed by atoms with E-state index in [1.54, 1.807) is 0 Å². The summed E-state index contributed by atoms with van der Waals surface area (Å²) >= 11 is 11.6. The minimum Gasteiger partial charge on any atom is -0.349 e. The lowest BCUT2D eigenvalue weighted by molar-refractivity contribution is 0.136. The van der Waals surface area contributed by atoms with Gasteiger partial charge in [-0.05, 0) is 70.6 Å². The Labute approximate surface area is 144 Å². The molecule has 1 aliphatic rings. The molecule has 2 rings (SSSR count). The molecule has 0 unspecified atom stereocenters. The van der Waals surface area contributed by atoms with Crippen LogP contribution in [0.25, 0.3) is 0 Å². The minimum atomic E-state index is 0.593. The van der Waals surface area contributed by atoms with E-state index in [2.05, 4.69) is 42.9 Å². The third kappa shape index (κ3) is 4.34. The Balaban J connectivity index is 1.91. The van der Waals surface area contributed by atoms with Crippen LogP contribution in [0, 0.1) is 6.92 Å². The van der Waals surface area contributed by atoms with Crippen molar-refractivity contribution in [1.29, 1.82) is 0 Å². The first-order valence-corrected chi connectivity index (χ1v) is 8.71. The molecule has 1 heterocycles. The van der Waals surface area contributed by atoms with Gasteiger partial charge in [-0.2, -0.15) is 0 Å². The van der Waals surface area contributed by atoms with Crippen molar-refractivity contribution in [3.63, 3.8) is 0 Å². The standard InChI is InChI=1S/C17H26ClN3S/c1-12(2)20(4)15-7-9-21(10-8-15)17(22)19-16-11-14(18)6-5-13(16)3/h5-6,11-12,15H,7-10H2,1-4H3,(H,19,22). The molecule has 3 nitrogen and oxygen atoms in total. The number of thiocarbonyl (C=S) groups is 1. The molecular formula is C17H26ClN3S. The summed E-state index contributed by atoms with van der Waals surface area (Å²) in [6, 6.07) is 7.10. The minimum absolute atomic E-state index is 0.593. The van der Waals surface area contributed by atoms with Gasteiger partial charge in [0.25, 0.3) is 0 Å². The maximum Gasteiger partial charge on any atom is 0.173 e. The number of halogens is 1. The van der Waals surface area contributed by atoms with Gasteiger partial charge in [0, 0.05) is 35.9 Å². The first kappa shape index (κ1) is 17.5. The van der Waals surface area contributed by atoms with Gasteiger partial charge < -0.3 is 15.1 Å². The average Bonchev–Trinajstić information content (AvgIpc) is 2.50.